The average Bonchev–Trinajstić information content (AvgIpc) is 2.72. The quantitative estimate of drug-likeness (QED) is 0.796. The van der Waals surface area contributed by atoms with Gasteiger partial charge in [-0.1, -0.05) is 12.1 Å². The summed E-state index contributed by atoms with van der Waals surface area (Å²) in [5.74, 6) is 1.20. The summed E-state index contributed by atoms with van der Waals surface area (Å²) in [5, 5.41) is 3.26. The molecule has 1 aromatic heterocycles. The Balaban J connectivity index is 1.72. The van der Waals surface area contributed by atoms with Crippen LogP contribution in [-0.4, -0.2) is 67.0 Å². The molecule has 1 amide bonds. The van der Waals surface area contributed by atoms with Crippen LogP contribution in [0.1, 0.15) is 20.8 Å². The number of aromatic nitrogens is 2. The van der Waals surface area contributed by atoms with Gasteiger partial charge in [0.1, 0.15) is 5.60 Å². The first-order valence-corrected chi connectivity index (χ1v) is 9.85. The SMILES string of the molecule is COc1cc(OC)nc(Nc2ccccc2N2CCN(C(=O)OC(C)(C)C)CC2)n1. The second-order valence-electron chi connectivity index (χ2n) is 7.87. The molecule has 0 unspecified atom stereocenters. The first-order valence-electron chi connectivity index (χ1n) is 9.85. The summed E-state index contributed by atoms with van der Waals surface area (Å²) in [6.45, 7) is 8.19. The van der Waals surface area contributed by atoms with E-state index in [0.717, 1.165) is 11.4 Å². The number of para-hydroxylation sites is 2. The molecule has 2 heterocycles. The van der Waals surface area contributed by atoms with Crippen LogP contribution in [0.15, 0.2) is 30.3 Å². The van der Waals surface area contributed by atoms with E-state index in [1.807, 2.05) is 45.0 Å². The van der Waals surface area contributed by atoms with Gasteiger partial charge in [0.25, 0.3) is 0 Å². The predicted molar refractivity (Wildman–Crippen MR) is 115 cm³/mol. The number of ether oxygens (including phenoxy) is 3. The summed E-state index contributed by atoms with van der Waals surface area (Å²) in [6.07, 6.45) is -0.273. The Morgan fingerprint density at radius 2 is 1.60 bits per heavy atom. The molecule has 1 aliphatic heterocycles. The van der Waals surface area contributed by atoms with Crippen molar-refractivity contribution in [3.05, 3.63) is 30.3 Å². The third-order valence-electron chi connectivity index (χ3n) is 4.52. The van der Waals surface area contributed by atoms with Crippen LogP contribution >= 0.6 is 0 Å². The number of nitrogens with zero attached hydrogens (tertiary/aromatic N) is 4. The number of carbonyl (C=O) groups excluding carboxylic acids is 1. The van der Waals surface area contributed by atoms with E-state index in [4.69, 9.17) is 14.2 Å². The topological polar surface area (TPSA) is 89.1 Å². The number of benzene rings is 1. The largest absolute Gasteiger partial charge is 0.481 e. The lowest BCUT2D eigenvalue weighted by molar-refractivity contribution is 0.0240. The third kappa shape index (κ3) is 5.43. The lowest BCUT2D eigenvalue weighted by Gasteiger charge is -2.37. The van der Waals surface area contributed by atoms with E-state index in [9.17, 15) is 4.79 Å². The molecule has 0 aliphatic carbocycles. The highest BCUT2D eigenvalue weighted by molar-refractivity contribution is 5.74. The van der Waals surface area contributed by atoms with Crippen molar-refractivity contribution >= 4 is 23.4 Å². The summed E-state index contributed by atoms with van der Waals surface area (Å²) < 4.78 is 15.9. The van der Waals surface area contributed by atoms with Gasteiger partial charge in [-0.15, -0.1) is 0 Å². The standard InChI is InChI=1S/C21H29N5O4/c1-21(2,3)30-20(27)26-12-10-25(11-13-26)16-9-7-6-8-15(16)22-19-23-17(28-4)14-18(24-19)29-5/h6-9,14H,10-13H2,1-5H3,(H,22,23,24). The number of hydrogen-bond acceptors (Lipinski definition) is 8. The molecule has 0 bridgehead atoms. The van der Waals surface area contributed by atoms with E-state index in [1.165, 1.54) is 0 Å². The number of methoxy groups -OCH3 is 2. The molecule has 9 heteroatoms. The molecule has 1 saturated heterocycles. The number of hydrogen-bond donors (Lipinski definition) is 1. The zero-order valence-electron chi connectivity index (χ0n) is 18.1. The number of anilines is 3. The first-order chi connectivity index (χ1) is 14.3. The highest BCUT2D eigenvalue weighted by atomic mass is 16.6. The Morgan fingerprint density at radius 3 is 2.17 bits per heavy atom. The van der Waals surface area contributed by atoms with Gasteiger partial charge in [0.15, 0.2) is 0 Å². The van der Waals surface area contributed by atoms with E-state index >= 15 is 0 Å². The molecule has 1 N–H and O–H groups in total. The number of amides is 1. The molecule has 0 saturated carbocycles. The summed E-state index contributed by atoms with van der Waals surface area (Å²) in [7, 11) is 3.09. The number of piperazine rings is 1. The van der Waals surface area contributed by atoms with Gasteiger partial charge < -0.3 is 29.3 Å². The molecule has 1 aromatic carbocycles. The third-order valence-corrected chi connectivity index (χ3v) is 4.52. The van der Waals surface area contributed by atoms with Crippen LogP contribution in [0.2, 0.25) is 0 Å². The van der Waals surface area contributed by atoms with Gasteiger partial charge in [-0.3, -0.25) is 0 Å². The first kappa shape index (κ1) is 21.5. The van der Waals surface area contributed by atoms with E-state index in [1.54, 1.807) is 25.2 Å². The van der Waals surface area contributed by atoms with Crippen molar-refractivity contribution in [2.75, 3.05) is 50.6 Å². The fourth-order valence-electron chi connectivity index (χ4n) is 3.10. The summed E-state index contributed by atoms with van der Waals surface area (Å²) in [6, 6.07) is 9.54. The predicted octanol–water partition coefficient (Wildman–Crippen LogP) is 3.29. The van der Waals surface area contributed by atoms with Gasteiger partial charge in [0, 0.05) is 26.2 Å². The Morgan fingerprint density at radius 1 is 1.00 bits per heavy atom. The van der Waals surface area contributed by atoms with Gasteiger partial charge in [-0.05, 0) is 32.9 Å². The highest BCUT2D eigenvalue weighted by Gasteiger charge is 2.26. The number of nitrogens with one attached hydrogen (secondary N) is 1. The molecule has 0 radical (unpaired) electrons. The van der Waals surface area contributed by atoms with Crippen molar-refractivity contribution < 1.29 is 19.0 Å². The monoisotopic (exact) mass is 415 g/mol. The molecule has 1 aliphatic rings. The minimum atomic E-state index is -0.497. The van der Waals surface area contributed by atoms with E-state index in [2.05, 4.69) is 20.2 Å². The minimum absolute atomic E-state index is 0.273. The van der Waals surface area contributed by atoms with Crippen LogP contribution < -0.4 is 19.7 Å². The lowest BCUT2D eigenvalue weighted by Crippen LogP contribution is -2.50. The maximum Gasteiger partial charge on any atom is 0.410 e. The number of carbonyl (C=O) groups is 1. The zero-order chi connectivity index (χ0) is 21.7. The summed E-state index contributed by atoms with van der Waals surface area (Å²) in [4.78, 5) is 25.0. The van der Waals surface area contributed by atoms with Crippen LogP contribution in [0.25, 0.3) is 0 Å². The van der Waals surface area contributed by atoms with Crippen LogP contribution in [0.4, 0.5) is 22.1 Å². The van der Waals surface area contributed by atoms with Crippen LogP contribution in [0, 0.1) is 0 Å². The molecule has 3 rings (SSSR count). The van der Waals surface area contributed by atoms with E-state index in [0.29, 0.717) is 43.9 Å². The van der Waals surface area contributed by atoms with Crippen molar-refractivity contribution in [3.8, 4) is 11.8 Å². The molecule has 0 atom stereocenters. The van der Waals surface area contributed by atoms with E-state index in [-0.39, 0.29) is 6.09 Å². The van der Waals surface area contributed by atoms with Crippen molar-refractivity contribution in [2.45, 2.75) is 26.4 Å². The van der Waals surface area contributed by atoms with Gasteiger partial charge in [0.05, 0.1) is 31.7 Å². The molecule has 0 spiro atoms. The van der Waals surface area contributed by atoms with Gasteiger partial charge in [-0.25, -0.2) is 4.79 Å². The van der Waals surface area contributed by atoms with Gasteiger partial charge >= 0.3 is 6.09 Å². The Labute approximate surface area is 177 Å². The maximum atomic E-state index is 12.3. The Kier molecular flexibility index (Phi) is 6.49. The summed E-state index contributed by atoms with van der Waals surface area (Å²) in [5.41, 5.74) is 1.37. The fraction of sp³-hybridized carbons (Fsp3) is 0.476. The fourth-order valence-corrected chi connectivity index (χ4v) is 3.10. The molecule has 162 valence electrons. The highest BCUT2D eigenvalue weighted by Crippen LogP contribution is 2.30. The molecule has 30 heavy (non-hydrogen) atoms. The van der Waals surface area contributed by atoms with E-state index < -0.39 is 5.60 Å². The second-order valence-corrected chi connectivity index (χ2v) is 7.87. The summed E-state index contributed by atoms with van der Waals surface area (Å²) >= 11 is 0. The van der Waals surface area contributed by atoms with Crippen LogP contribution in [0.3, 0.4) is 0 Å². The second kappa shape index (κ2) is 9.06. The average molecular weight is 415 g/mol. The maximum absolute atomic E-state index is 12.3. The smallest absolute Gasteiger partial charge is 0.410 e. The zero-order valence-corrected chi connectivity index (χ0v) is 18.1. The molecule has 9 nitrogen and oxygen atoms in total. The van der Waals surface area contributed by atoms with Crippen molar-refractivity contribution in [1.82, 2.24) is 14.9 Å². The molecule has 1 fully saturated rings. The van der Waals surface area contributed by atoms with Crippen molar-refractivity contribution in [2.24, 2.45) is 0 Å². The normalized spacial score (nSPS) is 14.3. The molecule has 2 aromatic rings. The molecular formula is C21H29N5O4. The van der Waals surface area contributed by atoms with Gasteiger partial charge in [0.2, 0.25) is 17.7 Å². The lowest BCUT2D eigenvalue weighted by atomic mass is 10.2. The van der Waals surface area contributed by atoms with Crippen LogP contribution in [0.5, 0.6) is 11.8 Å². The number of rotatable bonds is 5. The van der Waals surface area contributed by atoms with Gasteiger partial charge in [-0.2, -0.15) is 9.97 Å². The molecular weight excluding hydrogens is 386 g/mol. The van der Waals surface area contributed by atoms with Crippen LogP contribution in [-0.2, 0) is 4.74 Å². The van der Waals surface area contributed by atoms with Crippen molar-refractivity contribution in [3.63, 3.8) is 0 Å². The minimum Gasteiger partial charge on any atom is -0.481 e. The Bertz CT molecular complexity index is 854. The Hall–Kier alpha value is -3.23. The van der Waals surface area contributed by atoms with Crippen molar-refractivity contribution in [1.29, 1.82) is 0 Å².